The van der Waals surface area contributed by atoms with Crippen LogP contribution in [0.15, 0.2) is 77.8 Å². The number of likely N-dealkylation sites (N-methyl/N-ethyl adjacent to an activating group) is 1. The summed E-state index contributed by atoms with van der Waals surface area (Å²) in [4.78, 5) is 34.3. The number of aldehydes is 1. The second-order valence-electron chi connectivity index (χ2n) is 12.8. The van der Waals surface area contributed by atoms with Gasteiger partial charge in [0.25, 0.3) is 5.91 Å². The molecule has 0 aromatic heterocycles. The topological polar surface area (TPSA) is 102 Å². The summed E-state index contributed by atoms with van der Waals surface area (Å²) in [6.07, 6.45) is 6.83. The minimum atomic E-state index is -0.0394. The van der Waals surface area contributed by atoms with Crippen LogP contribution in [-0.4, -0.2) is 77.4 Å². The SMILES string of the molecule is CNc1cc(OCCCCCOc2cc(/N=C\C3Cc4ccccc4N3C)c(C=O)cc2OC)c(OC)cc1C(=O)N1CCc2ccccc2C1. The van der Waals surface area contributed by atoms with Gasteiger partial charge in [-0.2, -0.15) is 0 Å². The molecule has 0 aliphatic carbocycles. The molecule has 6 rings (SSSR count). The number of hydrogen-bond acceptors (Lipinski definition) is 9. The lowest BCUT2D eigenvalue weighted by Crippen LogP contribution is -2.36. The highest BCUT2D eigenvalue weighted by atomic mass is 16.5. The van der Waals surface area contributed by atoms with E-state index in [0.717, 1.165) is 38.4 Å². The monoisotopic (exact) mass is 690 g/mol. The van der Waals surface area contributed by atoms with Crippen LogP contribution < -0.4 is 29.2 Å². The Morgan fingerprint density at radius 1 is 0.863 bits per heavy atom. The normalized spacial score (nSPS) is 14.9. The molecule has 0 fully saturated rings. The summed E-state index contributed by atoms with van der Waals surface area (Å²) in [7, 11) is 7.01. The molecule has 2 heterocycles. The van der Waals surface area contributed by atoms with Crippen molar-refractivity contribution >= 4 is 35.5 Å². The molecule has 0 saturated carbocycles. The first kappa shape index (κ1) is 35.3. The quantitative estimate of drug-likeness (QED) is 0.0798. The highest BCUT2D eigenvalue weighted by Gasteiger charge is 2.26. The van der Waals surface area contributed by atoms with E-state index in [0.29, 0.717) is 71.8 Å². The Labute approximate surface area is 300 Å². The van der Waals surface area contributed by atoms with Gasteiger partial charge in [0.2, 0.25) is 0 Å². The molecule has 0 bridgehead atoms. The Morgan fingerprint density at radius 3 is 2.22 bits per heavy atom. The first-order valence-corrected chi connectivity index (χ1v) is 17.5. The second-order valence-corrected chi connectivity index (χ2v) is 12.8. The molecule has 0 radical (unpaired) electrons. The predicted octanol–water partition coefficient (Wildman–Crippen LogP) is 7.15. The fourth-order valence-corrected chi connectivity index (χ4v) is 6.73. The Kier molecular flexibility index (Phi) is 11.4. The van der Waals surface area contributed by atoms with Crippen molar-refractivity contribution < 1.29 is 28.5 Å². The average Bonchev–Trinajstić information content (AvgIpc) is 3.50. The summed E-state index contributed by atoms with van der Waals surface area (Å²) < 4.78 is 23.4. The Bertz CT molecular complexity index is 1890. The van der Waals surface area contributed by atoms with Crippen LogP contribution >= 0.6 is 0 Å². The molecule has 0 spiro atoms. The first-order valence-electron chi connectivity index (χ1n) is 17.5. The van der Waals surface area contributed by atoms with E-state index in [2.05, 4.69) is 41.5 Å². The molecule has 10 heteroatoms. The number of carbonyl (C=O) groups excluding carboxylic acids is 2. The number of para-hydroxylation sites is 1. The van der Waals surface area contributed by atoms with Crippen molar-refractivity contribution in [2.24, 2.45) is 4.99 Å². The fourth-order valence-electron chi connectivity index (χ4n) is 6.73. The number of amides is 1. The summed E-state index contributed by atoms with van der Waals surface area (Å²) in [5.41, 5.74) is 7.19. The lowest BCUT2D eigenvalue weighted by Gasteiger charge is -2.29. The van der Waals surface area contributed by atoms with Crippen LogP contribution in [0.2, 0.25) is 0 Å². The van der Waals surface area contributed by atoms with Crippen molar-refractivity contribution in [2.45, 2.75) is 44.7 Å². The van der Waals surface area contributed by atoms with E-state index in [-0.39, 0.29) is 11.9 Å². The Balaban J connectivity index is 1.01. The van der Waals surface area contributed by atoms with Gasteiger partial charge < -0.3 is 34.1 Å². The lowest BCUT2D eigenvalue weighted by atomic mass is 9.99. The van der Waals surface area contributed by atoms with Gasteiger partial charge in [0.15, 0.2) is 29.3 Å². The summed E-state index contributed by atoms with van der Waals surface area (Å²) >= 11 is 0. The smallest absolute Gasteiger partial charge is 0.256 e. The van der Waals surface area contributed by atoms with Crippen LogP contribution in [0.3, 0.4) is 0 Å². The number of nitrogens with one attached hydrogen (secondary N) is 1. The van der Waals surface area contributed by atoms with Crippen molar-refractivity contribution in [2.75, 3.05) is 58.3 Å². The van der Waals surface area contributed by atoms with Crippen LogP contribution in [0.5, 0.6) is 23.0 Å². The van der Waals surface area contributed by atoms with Crippen molar-refractivity contribution in [3.05, 3.63) is 101 Å². The van der Waals surface area contributed by atoms with E-state index < -0.39 is 0 Å². The third-order valence-corrected chi connectivity index (χ3v) is 9.65. The standard InChI is InChI=1S/C41H46N4O6/c1-42-35-24-40(38(49-4)22-33(35)41(47)45-17-16-28-12-6-7-14-30(28)26-45)51-19-11-5-10-18-50-39-23-34(31(27-46)21-37(39)48-3)43-25-32-20-29-13-8-9-15-36(29)44(32)2/h6-9,12-15,21-25,27,32,42H,5,10-11,16-20,26H2,1-4H3/b43-25-. The number of rotatable bonds is 15. The molecule has 4 aromatic carbocycles. The highest BCUT2D eigenvalue weighted by Crippen LogP contribution is 2.37. The Hall–Kier alpha value is -5.51. The maximum Gasteiger partial charge on any atom is 0.256 e. The molecule has 1 amide bonds. The van der Waals surface area contributed by atoms with E-state index >= 15 is 0 Å². The van der Waals surface area contributed by atoms with Crippen molar-refractivity contribution in [1.82, 2.24) is 4.90 Å². The zero-order valence-corrected chi connectivity index (χ0v) is 29.8. The molecule has 51 heavy (non-hydrogen) atoms. The number of methoxy groups -OCH3 is 2. The molecule has 1 atom stereocenters. The van der Waals surface area contributed by atoms with Crippen LogP contribution in [0.25, 0.3) is 0 Å². The number of benzene rings is 4. The van der Waals surface area contributed by atoms with Crippen molar-refractivity contribution in [1.29, 1.82) is 0 Å². The van der Waals surface area contributed by atoms with E-state index in [1.54, 1.807) is 39.5 Å². The molecule has 1 N–H and O–H groups in total. The van der Waals surface area contributed by atoms with E-state index in [1.165, 1.54) is 22.4 Å². The van der Waals surface area contributed by atoms with Gasteiger partial charge in [0.1, 0.15) is 0 Å². The van der Waals surface area contributed by atoms with Crippen LogP contribution in [0.4, 0.5) is 17.1 Å². The molecule has 266 valence electrons. The third kappa shape index (κ3) is 7.95. The number of carbonyl (C=O) groups is 2. The summed E-state index contributed by atoms with van der Waals surface area (Å²) in [6, 6.07) is 23.8. The van der Waals surface area contributed by atoms with Gasteiger partial charge in [-0.25, -0.2) is 0 Å². The second kappa shape index (κ2) is 16.5. The Morgan fingerprint density at radius 2 is 1.53 bits per heavy atom. The number of nitrogens with zero attached hydrogens (tertiary/aromatic N) is 3. The minimum absolute atomic E-state index is 0.0394. The molecule has 4 aromatic rings. The number of aliphatic imine (C=N–C) groups is 1. The fraction of sp³-hybridized carbons (Fsp3) is 0.341. The molecular weight excluding hydrogens is 644 g/mol. The van der Waals surface area contributed by atoms with E-state index in [9.17, 15) is 9.59 Å². The van der Waals surface area contributed by atoms with Gasteiger partial charge in [-0.3, -0.25) is 14.6 Å². The minimum Gasteiger partial charge on any atom is -0.493 e. The molecule has 1 unspecified atom stereocenters. The maximum absolute atomic E-state index is 13.6. The number of unbranched alkanes of at least 4 members (excludes halogenated alkanes) is 2. The largest absolute Gasteiger partial charge is 0.493 e. The lowest BCUT2D eigenvalue weighted by molar-refractivity contribution is 0.0735. The zero-order valence-electron chi connectivity index (χ0n) is 29.8. The van der Waals surface area contributed by atoms with Crippen molar-refractivity contribution in [3.8, 4) is 23.0 Å². The van der Waals surface area contributed by atoms with Gasteiger partial charge in [-0.05, 0) is 67.0 Å². The first-order chi connectivity index (χ1) is 24.9. The van der Waals surface area contributed by atoms with Crippen LogP contribution in [0, 0.1) is 0 Å². The number of fused-ring (bicyclic) bond motifs is 2. The van der Waals surface area contributed by atoms with Gasteiger partial charge in [-0.1, -0.05) is 42.5 Å². The van der Waals surface area contributed by atoms with Gasteiger partial charge in [0, 0.05) is 56.8 Å². The highest BCUT2D eigenvalue weighted by molar-refractivity contribution is 6.00. The summed E-state index contributed by atoms with van der Waals surface area (Å²) in [5.74, 6) is 2.10. The number of ether oxygens (including phenoxy) is 4. The number of hydrogen-bond donors (Lipinski definition) is 1. The summed E-state index contributed by atoms with van der Waals surface area (Å²) in [5, 5.41) is 3.17. The van der Waals surface area contributed by atoms with E-state index in [1.807, 2.05) is 41.4 Å². The molecular formula is C41H46N4O6. The van der Waals surface area contributed by atoms with Crippen LogP contribution in [-0.2, 0) is 19.4 Å². The zero-order chi connectivity index (χ0) is 35.7. The summed E-state index contributed by atoms with van der Waals surface area (Å²) in [6.45, 7) is 2.20. The maximum atomic E-state index is 13.6. The van der Waals surface area contributed by atoms with Gasteiger partial charge >= 0.3 is 0 Å². The number of anilines is 2. The van der Waals surface area contributed by atoms with Gasteiger partial charge in [0.05, 0.1) is 50.4 Å². The van der Waals surface area contributed by atoms with Crippen molar-refractivity contribution in [3.63, 3.8) is 0 Å². The van der Waals surface area contributed by atoms with E-state index in [4.69, 9.17) is 23.9 Å². The van der Waals surface area contributed by atoms with Gasteiger partial charge in [-0.15, -0.1) is 0 Å². The molecule has 10 nitrogen and oxygen atoms in total. The van der Waals surface area contributed by atoms with Crippen LogP contribution in [0.1, 0.15) is 56.7 Å². The third-order valence-electron chi connectivity index (χ3n) is 9.65. The predicted molar refractivity (Wildman–Crippen MR) is 201 cm³/mol. The molecule has 2 aliphatic heterocycles. The average molecular weight is 691 g/mol. The molecule has 0 saturated heterocycles. The molecule has 2 aliphatic rings.